The standard InChI is InChI=1S/C28H36O7/c1-15(29)33-20-13-18-24(2,3)19(30)8-10-25(18,4)17-7-11-26(5)21(16-9-12-32-14-16)34-23(31)22-28(26,35-22)27(17,20)6/h8-10,12,14,17-22,30H,7,11,13H2,1-6H3/t17-,18+,19+,20-,21-,22-,25+,26-,27-,28-/m0/s1. The number of rotatable bonds is 2. The maximum Gasteiger partial charge on any atom is 0.339 e. The Hall–Kier alpha value is -2.12. The van der Waals surface area contributed by atoms with Crippen LogP contribution in [0.25, 0.3) is 0 Å². The number of epoxide rings is 1. The van der Waals surface area contributed by atoms with Crippen molar-refractivity contribution in [3.05, 3.63) is 36.3 Å². The largest absolute Gasteiger partial charge is 0.472 e. The number of carbonyl (C=O) groups excluding carboxylic acids is 2. The van der Waals surface area contributed by atoms with Crippen molar-refractivity contribution in [2.45, 2.75) is 90.8 Å². The molecular formula is C28H36O7. The fraction of sp³-hybridized carbons (Fsp3) is 0.714. The third-order valence-electron chi connectivity index (χ3n) is 11.0. The molecule has 190 valence electrons. The summed E-state index contributed by atoms with van der Waals surface area (Å²) in [4.78, 5) is 25.7. The van der Waals surface area contributed by atoms with E-state index in [1.165, 1.54) is 6.92 Å². The monoisotopic (exact) mass is 484 g/mol. The van der Waals surface area contributed by atoms with Crippen molar-refractivity contribution in [2.24, 2.45) is 33.5 Å². The zero-order valence-electron chi connectivity index (χ0n) is 21.4. The van der Waals surface area contributed by atoms with E-state index in [-0.39, 0.29) is 29.2 Å². The van der Waals surface area contributed by atoms with Crippen LogP contribution in [0.4, 0.5) is 0 Å². The van der Waals surface area contributed by atoms with Gasteiger partial charge in [0.1, 0.15) is 17.8 Å². The fourth-order valence-corrected chi connectivity index (χ4v) is 9.34. The lowest BCUT2D eigenvalue weighted by Crippen LogP contribution is -2.72. The molecule has 10 atom stereocenters. The van der Waals surface area contributed by atoms with E-state index in [4.69, 9.17) is 18.6 Å². The van der Waals surface area contributed by atoms with E-state index in [9.17, 15) is 14.7 Å². The second-order valence-corrected chi connectivity index (χ2v) is 12.8. The van der Waals surface area contributed by atoms with Gasteiger partial charge >= 0.3 is 11.9 Å². The smallest absolute Gasteiger partial charge is 0.339 e. The number of cyclic esters (lactones) is 1. The van der Waals surface area contributed by atoms with Crippen LogP contribution in [-0.4, -0.2) is 41.0 Å². The first kappa shape index (κ1) is 23.3. The molecule has 2 saturated carbocycles. The van der Waals surface area contributed by atoms with Crippen LogP contribution < -0.4 is 0 Å². The minimum Gasteiger partial charge on any atom is -0.472 e. The van der Waals surface area contributed by atoms with Gasteiger partial charge in [-0.15, -0.1) is 0 Å². The first-order valence-corrected chi connectivity index (χ1v) is 12.8. The maximum atomic E-state index is 13.3. The number of esters is 2. The molecule has 0 amide bonds. The van der Waals surface area contributed by atoms with Gasteiger partial charge in [-0.05, 0) is 48.0 Å². The number of hydrogen-bond donors (Lipinski definition) is 1. The van der Waals surface area contributed by atoms with Gasteiger partial charge in [0.15, 0.2) is 6.10 Å². The number of hydrogen-bond acceptors (Lipinski definition) is 7. The van der Waals surface area contributed by atoms with E-state index in [2.05, 4.69) is 40.7 Å². The molecule has 0 unspecified atom stereocenters. The van der Waals surface area contributed by atoms with E-state index in [0.717, 1.165) is 18.4 Å². The molecule has 1 aromatic heterocycles. The lowest BCUT2D eigenvalue weighted by Gasteiger charge is -2.69. The Morgan fingerprint density at radius 1 is 1.14 bits per heavy atom. The zero-order valence-corrected chi connectivity index (χ0v) is 21.4. The third-order valence-corrected chi connectivity index (χ3v) is 11.0. The average Bonchev–Trinajstić information content (AvgIpc) is 3.35. The van der Waals surface area contributed by atoms with Crippen LogP contribution in [0, 0.1) is 33.5 Å². The summed E-state index contributed by atoms with van der Waals surface area (Å²) in [6, 6.07) is 1.85. The van der Waals surface area contributed by atoms with Gasteiger partial charge in [-0.3, -0.25) is 4.79 Å². The molecular weight excluding hydrogens is 448 g/mol. The Bertz CT molecular complexity index is 1110. The van der Waals surface area contributed by atoms with E-state index in [1.807, 2.05) is 12.1 Å². The number of ether oxygens (including phenoxy) is 3. The van der Waals surface area contributed by atoms with E-state index < -0.39 is 46.3 Å². The van der Waals surface area contributed by atoms with Gasteiger partial charge in [-0.25, -0.2) is 4.79 Å². The Balaban J connectivity index is 1.55. The molecule has 1 N–H and O–H groups in total. The van der Waals surface area contributed by atoms with Crippen LogP contribution >= 0.6 is 0 Å². The highest BCUT2D eigenvalue weighted by Gasteiger charge is 2.88. The van der Waals surface area contributed by atoms with Gasteiger partial charge < -0.3 is 23.7 Å². The molecule has 35 heavy (non-hydrogen) atoms. The van der Waals surface area contributed by atoms with Crippen LogP contribution in [-0.2, 0) is 23.8 Å². The number of allylic oxidation sites excluding steroid dienone is 1. The summed E-state index contributed by atoms with van der Waals surface area (Å²) in [5.74, 6) is -0.529. The van der Waals surface area contributed by atoms with Crippen molar-refractivity contribution in [1.29, 1.82) is 0 Å². The van der Waals surface area contributed by atoms with Gasteiger partial charge in [0.05, 0.1) is 18.6 Å². The lowest BCUT2D eigenvalue weighted by atomic mass is 9.35. The number of furan rings is 1. The summed E-state index contributed by atoms with van der Waals surface area (Å²) in [7, 11) is 0. The zero-order chi connectivity index (χ0) is 25.2. The number of carbonyl (C=O) groups is 2. The predicted molar refractivity (Wildman–Crippen MR) is 125 cm³/mol. The van der Waals surface area contributed by atoms with Crippen molar-refractivity contribution in [2.75, 3.05) is 0 Å². The molecule has 0 radical (unpaired) electrons. The predicted octanol–water partition coefficient (Wildman–Crippen LogP) is 4.35. The molecule has 5 aliphatic rings. The molecule has 0 bridgehead atoms. The number of aliphatic hydroxyl groups excluding tert-OH is 1. The molecule has 2 saturated heterocycles. The van der Waals surface area contributed by atoms with Gasteiger partial charge in [-0.2, -0.15) is 0 Å². The molecule has 6 rings (SSSR count). The molecule has 7 nitrogen and oxygen atoms in total. The molecule has 1 aromatic rings. The Morgan fingerprint density at radius 3 is 2.54 bits per heavy atom. The number of aliphatic hydroxyl groups is 1. The van der Waals surface area contributed by atoms with Crippen molar-refractivity contribution >= 4 is 11.9 Å². The SMILES string of the molecule is CC(=O)O[C@H]1C[C@@H]2C(C)(C)[C@H](O)C=C[C@]2(C)[C@@H]2CC[C@@]3(C)[C@H](c4ccoc4)OC(=O)[C@@H]4O[C@@]43[C@]12C. The molecule has 4 fully saturated rings. The number of fused-ring (bicyclic) bond motifs is 3. The van der Waals surface area contributed by atoms with Crippen LogP contribution in [0.15, 0.2) is 35.2 Å². The van der Waals surface area contributed by atoms with E-state index in [0.29, 0.717) is 6.42 Å². The average molecular weight is 485 g/mol. The van der Waals surface area contributed by atoms with E-state index >= 15 is 0 Å². The van der Waals surface area contributed by atoms with Crippen molar-refractivity contribution in [3.8, 4) is 0 Å². The second-order valence-electron chi connectivity index (χ2n) is 12.8. The van der Waals surface area contributed by atoms with Crippen molar-refractivity contribution < 1.29 is 33.3 Å². The van der Waals surface area contributed by atoms with Gasteiger partial charge in [0.2, 0.25) is 0 Å². The summed E-state index contributed by atoms with van der Waals surface area (Å²) in [6.07, 6.45) is 7.38. The Labute approximate surface area is 206 Å². The second kappa shape index (κ2) is 6.80. The molecule has 1 spiro atoms. The quantitative estimate of drug-likeness (QED) is 0.378. The summed E-state index contributed by atoms with van der Waals surface area (Å²) in [5.41, 5.74) is -1.81. The molecule has 3 aliphatic carbocycles. The normalized spacial score (nSPS) is 51.2. The summed E-state index contributed by atoms with van der Waals surface area (Å²) in [5, 5.41) is 10.9. The highest BCUT2D eigenvalue weighted by Crippen LogP contribution is 2.79. The van der Waals surface area contributed by atoms with Crippen LogP contribution in [0.5, 0.6) is 0 Å². The summed E-state index contributed by atoms with van der Waals surface area (Å²) < 4.78 is 24.0. The summed E-state index contributed by atoms with van der Waals surface area (Å²) >= 11 is 0. The van der Waals surface area contributed by atoms with Gasteiger partial charge in [-0.1, -0.05) is 46.8 Å². The van der Waals surface area contributed by atoms with Crippen molar-refractivity contribution in [3.63, 3.8) is 0 Å². The first-order valence-electron chi connectivity index (χ1n) is 12.8. The Morgan fingerprint density at radius 2 is 1.89 bits per heavy atom. The third kappa shape index (κ3) is 2.54. The van der Waals surface area contributed by atoms with Gasteiger partial charge in [0.25, 0.3) is 0 Å². The molecule has 0 aromatic carbocycles. The van der Waals surface area contributed by atoms with Crippen LogP contribution in [0.2, 0.25) is 0 Å². The topological polar surface area (TPSA) is 98.5 Å². The minimum absolute atomic E-state index is 0.0788. The molecule has 7 heteroatoms. The van der Waals surface area contributed by atoms with E-state index in [1.54, 1.807) is 12.5 Å². The Kier molecular flexibility index (Phi) is 4.52. The molecule has 2 aliphatic heterocycles. The highest BCUT2D eigenvalue weighted by molar-refractivity contribution is 5.82. The van der Waals surface area contributed by atoms with Crippen molar-refractivity contribution in [1.82, 2.24) is 0 Å². The van der Waals surface area contributed by atoms with Crippen LogP contribution in [0.3, 0.4) is 0 Å². The molecule has 3 heterocycles. The highest BCUT2D eigenvalue weighted by atomic mass is 16.7. The lowest BCUT2D eigenvalue weighted by molar-refractivity contribution is -0.257. The summed E-state index contributed by atoms with van der Waals surface area (Å²) in [6.45, 7) is 12.3. The first-order chi connectivity index (χ1) is 16.3. The minimum atomic E-state index is -0.831. The van der Waals surface area contributed by atoms with Crippen LogP contribution in [0.1, 0.15) is 72.5 Å². The maximum absolute atomic E-state index is 13.3. The fourth-order valence-electron chi connectivity index (χ4n) is 9.34. The van der Waals surface area contributed by atoms with Gasteiger partial charge in [0, 0.05) is 23.3 Å².